The van der Waals surface area contributed by atoms with E-state index in [1.807, 2.05) is 0 Å². The van der Waals surface area contributed by atoms with Gasteiger partial charge in [-0.2, -0.15) is 0 Å². The zero-order chi connectivity index (χ0) is 13.8. The minimum Gasteiger partial charge on any atom is -0.354 e. The number of hydrogen-bond acceptors (Lipinski definition) is 2. The van der Waals surface area contributed by atoms with Crippen molar-refractivity contribution in [1.29, 1.82) is 0 Å². The summed E-state index contributed by atoms with van der Waals surface area (Å²) in [7, 11) is 0. The minimum absolute atomic E-state index is 0.162. The van der Waals surface area contributed by atoms with Crippen LogP contribution in [0.4, 0.5) is 0 Å². The SMILES string of the molecule is CCN(CC)CCCC(C)NC(=O)CCCCCl. The van der Waals surface area contributed by atoms with Crippen molar-refractivity contribution < 1.29 is 4.79 Å². The van der Waals surface area contributed by atoms with E-state index in [-0.39, 0.29) is 11.9 Å². The second-order valence-electron chi connectivity index (χ2n) is 4.78. The van der Waals surface area contributed by atoms with Crippen LogP contribution in [-0.4, -0.2) is 42.4 Å². The number of rotatable bonds is 11. The molecule has 1 unspecified atom stereocenters. The quantitative estimate of drug-likeness (QED) is 0.465. The maximum absolute atomic E-state index is 11.6. The Morgan fingerprint density at radius 1 is 1.22 bits per heavy atom. The van der Waals surface area contributed by atoms with Crippen molar-refractivity contribution in [1.82, 2.24) is 10.2 Å². The predicted molar refractivity (Wildman–Crippen MR) is 79.2 cm³/mol. The third-order valence-electron chi connectivity index (χ3n) is 3.20. The van der Waals surface area contributed by atoms with Crippen molar-refractivity contribution in [3.8, 4) is 0 Å². The fourth-order valence-electron chi connectivity index (χ4n) is 1.96. The lowest BCUT2D eigenvalue weighted by Gasteiger charge is -2.19. The number of alkyl halides is 1. The normalized spacial score (nSPS) is 12.7. The number of nitrogens with one attached hydrogen (secondary N) is 1. The summed E-state index contributed by atoms with van der Waals surface area (Å²) < 4.78 is 0. The fraction of sp³-hybridized carbons (Fsp3) is 0.929. The van der Waals surface area contributed by atoms with E-state index < -0.39 is 0 Å². The number of nitrogens with zero attached hydrogens (tertiary/aromatic N) is 1. The molecule has 0 aliphatic carbocycles. The van der Waals surface area contributed by atoms with E-state index in [4.69, 9.17) is 11.6 Å². The Bertz CT molecular complexity index is 208. The Balaban J connectivity index is 3.57. The lowest BCUT2D eigenvalue weighted by Crippen LogP contribution is -2.33. The average molecular weight is 277 g/mol. The molecule has 0 aliphatic rings. The van der Waals surface area contributed by atoms with Gasteiger partial charge in [0.05, 0.1) is 0 Å². The van der Waals surface area contributed by atoms with Crippen LogP contribution in [0, 0.1) is 0 Å². The zero-order valence-corrected chi connectivity index (χ0v) is 12.9. The molecule has 0 bridgehead atoms. The number of amides is 1. The van der Waals surface area contributed by atoms with Crippen LogP contribution in [0.2, 0.25) is 0 Å². The first-order chi connectivity index (χ1) is 8.63. The highest BCUT2D eigenvalue weighted by atomic mass is 35.5. The van der Waals surface area contributed by atoms with Crippen molar-refractivity contribution in [2.24, 2.45) is 0 Å². The Labute approximate surface area is 117 Å². The van der Waals surface area contributed by atoms with Gasteiger partial charge in [-0.3, -0.25) is 4.79 Å². The molecule has 0 aromatic heterocycles. The number of unbranched alkanes of at least 4 members (excludes halogenated alkanes) is 1. The Hall–Kier alpha value is -0.280. The van der Waals surface area contributed by atoms with Gasteiger partial charge in [0, 0.05) is 18.3 Å². The van der Waals surface area contributed by atoms with Gasteiger partial charge in [0.1, 0.15) is 0 Å². The van der Waals surface area contributed by atoms with Crippen LogP contribution in [0.15, 0.2) is 0 Å². The molecular formula is C14H29ClN2O. The second kappa shape index (κ2) is 11.8. The number of halogens is 1. The fourth-order valence-corrected chi connectivity index (χ4v) is 2.15. The lowest BCUT2D eigenvalue weighted by atomic mass is 10.1. The summed E-state index contributed by atoms with van der Waals surface area (Å²) in [5.41, 5.74) is 0. The topological polar surface area (TPSA) is 32.3 Å². The largest absolute Gasteiger partial charge is 0.354 e. The third kappa shape index (κ3) is 9.72. The van der Waals surface area contributed by atoms with E-state index in [1.54, 1.807) is 0 Å². The van der Waals surface area contributed by atoms with E-state index in [0.29, 0.717) is 12.3 Å². The van der Waals surface area contributed by atoms with Crippen molar-refractivity contribution in [2.45, 2.75) is 58.9 Å². The molecule has 1 amide bonds. The standard InChI is InChI=1S/C14H29ClN2O/c1-4-17(5-2)12-8-9-13(3)16-14(18)10-6-7-11-15/h13H,4-12H2,1-3H3,(H,16,18). The second-order valence-corrected chi connectivity index (χ2v) is 5.16. The molecule has 0 rings (SSSR count). The van der Waals surface area contributed by atoms with Crippen LogP contribution in [0.25, 0.3) is 0 Å². The third-order valence-corrected chi connectivity index (χ3v) is 3.47. The van der Waals surface area contributed by atoms with Gasteiger partial charge < -0.3 is 10.2 Å². The Morgan fingerprint density at radius 2 is 1.89 bits per heavy atom. The molecule has 0 aromatic rings. The first-order valence-electron chi connectivity index (χ1n) is 7.21. The maximum atomic E-state index is 11.6. The molecule has 0 heterocycles. The summed E-state index contributed by atoms with van der Waals surface area (Å²) in [5, 5.41) is 3.05. The molecule has 1 N–H and O–H groups in total. The maximum Gasteiger partial charge on any atom is 0.220 e. The molecule has 108 valence electrons. The highest BCUT2D eigenvalue weighted by Gasteiger charge is 2.07. The van der Waals surface area contributed by atoms with Gasteiger partial charge in [0.2, 0.25) is 5.91 Å². The zero-order valence-electron chi connectivity index (χ0n) is 12.2. The molecule has 0 fully saturated rings. The van der Waals surface area contributed by atoms with Crippen molar-refractivity contribution in [2.75, 3.05) is 25.5 Å². The molecule has 0 radical (unpaired) electrons. The van der Waals surface area contributed by atoms with Gasteiger partial charge in [0.25, 0.3) is 0 Å². The molecule has 0 aromatic carbocycles. The van der Waals surface area contributed by atoms with Crippen molar-refractivity contribution >= 4 is 17.5 Å². The summed E-state index contributed by atoms with van der Waals surface area (Å²) in [5.74, 6) is 0.808. The molecular weight excluding hydrogens is 248 g/mol. The van der Waals surface area contributed by atoms with Crippen LogP contribution in [0.1, 0.15) is 52.9 Å². The van der Waals surface area contributed by atoms with Crippen LogP contribution in [0.5, 0.6) is 0 Å². The summed E-state index contributed by atoms with van der Waals surface area (Å²) in [6, 6.07) is 0.282. The van der Waals surface area contributed by atoms with E-state index in [0.717, 1.165) is 45.3 Å². The van der Waals surface area contributed by atoms with Gasteiger partial charge in [-0.15, -0.1) is 11.6 Å². The van der Waals surface area contributed by atoms with Crippen LogP contribution in [-0.2, 0) is 4.79 Å². The molecule has 18 heavy (non-hydrogen) atoms. The highest BCUT2D eigenvalue weighted by molar-refractivity contribution is 6.17. The Morgan fingerprint density at radius 3 is 2.44 bits per heavy atom. The first kappa shape index (κ1) is 17.7. The highest BCUT2D eigenvalue weighted by Crippen LogP contribution is 2.02. The average Bonchev–Trinajstić information content (AvgIpc) is 2.35. The lowest BCUT2D eigenvalue weighted by molar-refractivity contribution is -0.121. The molecule has 3 nitrogen and oxygen atoms in total. The summed E-state index contributed by atoms with van der Waals surface area (Å²) in [6.07, 6.45) is 4.61. The van der Waals surface area contributed by atoms with Gasteiger partial charge in [0.15, 0.2) is 0 Å². The summed E-state index contributed by atoms with van der Waals surface area (Å²) in [6.45, 7) is 9.80. The van der Waals surface area contributed by atoms with Crippen molar-refractivity contribution in [3.63, 3.8) is 0 Å². The van der Waals surface area contributed by atoms with Gasteiger partial charge in [-0.05, 0) is 52.2 Å². The molecule has 1 atom stereocenters. The minimum atomic E-state index is 0.162. The van der Waals surface area contributed by atoms with E-state index in [9.17, 15) is 4.79 Å². The van der Waals surface area contributed by atoms with Gasteiger partial charge >= 0.3 is 0 Å². The van der Waals surface area contributed by atoms with E-state index in [2.05, 4.69) is 31.0 Å². The molecule has 0 spiro atoms. The van der Waals surface area contributed by atoms with Crippen LogP contribution in [0.3, 0.4) is 0 Å². The van der Waals surface area contributed by atoms with Crippen LogP contribution < -0.4 is 5.32 Å². The number of carbonyl (C=O) groups is 1. The molecule has 0 saturated heterocycles. The van der Waals surface area contributed by atoms with Gasteiger partial charge in [-0.1, -0.05) is 13.8 Å². The predicted octanol–water partition coefficient (Wildman–Crippen LogP) is 3.02. The van der Waals surface area contributed by atoms with E-state index in [1.165, 1.54) is 0 Å². The van der Waals surface area contributed by atoms with Crippen LogP contribution >= 0.6 is 11.6 Å². The molecule has 0 saturated carbocycles. The number of carbonyl (C=O) groups excluding carboxylic acids is 1. The van der Waals surface area contributed by atoms with Crippen molar-refractivity contribution in [3.05, 3.63) is 0 Å². The summed E-state index contributed by atoms with van der Waals surface area (Å²) in [4.78, 5) is 14.0. The monoisotopic (exact) mass is 276 g/mol. The smallest absolute Gasteiger partial charge is 0.220 e. The summed E-state index contributed by atoms with van der Waals surface area (Å²) >= 11 is 5.58. The number of hydrogen-bond donors (Lipinski definition) is 1. The molecule has 0 aliphatic heterocycles. The van der Waals surface area contributed by atoms with E-state index >= 15 is 0 Å². The Kier molecular flexibility index (Phi) is 11.6. The molecule has 4 heteroatoms. The first-order valence-corrected chi connectivity index (χ1v) is 7.75. The van der Waals surface area contributed by atoms with Gasteiger partial charge in [-0.25, -0.2) is 0 Å².